The molecule has 0 aromatic heterocycles. The zero-order valence-corrected chi connectivity index (χ0v) is 24.5. The second-order valence-corrected chi connectivity index (χ2v) is 10.4. The average Bonchev–Trinajstić information content (AvgIpc) is 3.01. The van der Waals surface area contributed by atoms with E-state index in [0.29, 0.717) is 18.4 Å². The molecular formula is C34H38N4O5. The van der Waals surface area contributed by atoms with Gasteiger partial charge in [-0.15, -0.1) is 6.42 Å². The fourth-order valence-electron chi connectivity index (χ4n) is 4.57. The summed E-state index contributed by atoms with van der Waals surface area (Å²) in [5.41, 5.74) is 4.25. The third kappa shape index (κ3) is 10.0. The third-order valence-electron chi connectivity index (χ3n) is 6.96. The predicted octanol–water partition coefficient (Wildman–Crippen LogP) is 3.81. The van der Waals surface area contributed by atoms with Crippen LogP contribution in [0.4, 0.5) is 5.69 Å². The largest absolute Gasteiger partial charge is 0.480 e. The zero-order valence-electron chi connectivity index (χ0n) is 24.5. The summed E-state index contributed by atoms with van der Waals surface area (Å²) < 4.78 is 0. The van der Waals surface area contributed by atoms with E-state index in [1.165, 1.54) is 0 Å². The number of anilines is 1. The van der Waals surface area contributed by atoms with Crippen LogP contribution in [0.3, 0.4) is 0 Å². The lowest BCUT2D eigenvalue weighted by Gasteiger charge is -2.28. The molecule has 0 aliphatic heterocycles. The lowest BCUT2D eigenvalue weighted by Crippen LogP contribution is -2.45. The number of carboxylic acid groups (broad SMARTS) is 1. The van der Waals surface area contributed by atoms with Crippen LogP contribution in [-0.4, -0.2) is 59.4 Å². The van der Waals surface area contributed by atoms with Crippen molar-refractivity contribution < 1.29 is 24.3 Å². The number of para-hydroxylation sites is 1. The molecule has 0 saturated heterocycles. The molecule has 3 aromatic rings. The summed E-state index contributed by atoms with van der Waals surface area (Å²) in [6.45, 7) is 4.52. The first kappa shape index (κ1) is 32.4. The van der Waals surface area contributed by atoms with Crippen LogP contribution in [0.25, 0.3) is 0 Å². The Morgan fingerprint density at radius 1 is 0.953 bits per heavy atom. The number of aliphatic carboxylic acids is 1. The molecule has 0 aliphatic carbocycles. The number of nitrogens with one attached hydrogen (secondary N) is 3. The Balaban J connectivity index is 1.74. The van der Waals surface area contributed by atoms with Crippen molar-refractivity contribution >= 4 is 29.9 Å². The van der Waals surface area contributed by atoms with Crippen LogP contribution in [0.2, 0.25) is 0 Å². The van der Waals surface area contributed by atoms with Crippen LogP contribution in [0, 0.1) is 12.3 Å². The molecule has 4 N–H and O–H groups in total. The van der Waals surface area contributed by atoms with Gasteiger partial charge in [0.15, 0.2) is 0 Å². The first-order valence-corrected chi connectivity index (χ1v) is 14.1. The standard InChI is InChI=1S/C34H38N4O5/c1-4-28(37-30-13-9-8-12-29(30)24(2)3)22-38(32(40)19-16-25-10-6-5-7-11-25)21-26-14-17-27(18-15-26)33(41)35-20-31(34(42)43)36-23-39/h1,5-15,17-18,23-24,28,31,37H,16,19-22H2,2-3H3,(H,35,41)(H,36,39)(H,42,43). The van der Waals surface area contributed by atoms with Crippen LogP contribution in [0.15, 0.2) is 78.9 Å². The van der Waals surface area contributed by atoms with Crippen molar-refractivity contribution in [3.63, 3.8) is 0 Å². The number of rotatable bonds is 16. The maximum absolute atomic E-state index is 13.5. The number of terminal acetylenes is 1. The summed E-state index contributed by atoms with van der Waals surface area (Å²) >= 11 is 0. The number of nitrogens with zero attached hydrogens (tertiary/aromatic N) is 1. The fourth-order valence-corrected chi connectivity index (χ4v) is 4.57. The molecule has 3 rings (SSSR count). The van der Waals surface area contributed by atoms with Gasteiger partial charge in [0.25, 0.3) is 5.91 Å². The van der Waals surface area contributed by atoms with Gasteiger partial charge < -0.3 is 26.0 Å². The fraction of sp³-hybridized carbons (Fsp3) is 0.294. The van der Waals surface area contributed by atoms with Gasteiger partial charge in [-0.1, -0.05) is 80.4 Å². The molecule has 0 aliphatic rings. The Morgan fingerprint density at radius 2 is 1.63 bits per heavy atom. The number of carbonyl (C=O) groups is 4. The molecule has 2 atom stereocenters. The number of hydrogen-bond acceptors (Lipinski definition) is 5. The first-order valence-electron chi connectivity index (χ1n) is 14.1. The summed E-state index contributed by atoms with van der Waals surface area (Å²) in [4.78, 5) is 49.6. The Hall–Kier alpha value is -5.10. The number of aryl methyl sites for hydroxylation is 1. The summed E-state index contributed by atoms with van der Waals surface area (Å²) in [7, 11) is 0. The summed E-state index contributed by atoms with van der Waals surface area (Å²) in [5, 5.41) is 17.2. The van der Waals surface area contributed by atoms with Crippen LogP contribution >= 0.6 is 0 Å². The van der Waals surface area contributed by atoms with Gasteiger partial charge in [0.05, 0.1) is 6.54 Å². The number of carbonyl (C=O) groups excluding carboxylic acids is 3. The zero-order chi connectivity index (χ0) is 31.2. The molecule has 9 heteroatoms. The van der Waals surface area contributed by atoms with Crippen LogP contribution in [0.5, 0.6) is 0 Å². The molecule has 224 valence electrons. The second kappa shape index (κ2) is 16.4. The SMILES string of the molecule is C#CC(CN(Cc1ccc(C(=O)NCC(NC=O)C(=O)O)cc1)C(=O)CCc1ccccc1)Nc1ccccc1C(C)C. The monoisotopic (exact) mass is 582 g/mol. The maximum atomic E-state index is 13.5. The first-order chi connectivity index (χ1) is 20.7. The normalized spacial score (nSPS) is 12.0. The molecular weight excluding hydrogens is 544 g/mol. The van der Waals surface area contributed by atoms with E-state index in [1.54, 1.807) is 29.2 Å². The Labute approximate surface area is 252 Å². The van der Waals surface area contributed by atoms with Gasteiger partial charge in [0, 0.05) is 30.8 Å². The van der Waals surface area contributed by atoms with E-state index in [4.69, 9.17) is 11.5 Å². The Kier molecular flexibility index (Phi) is 12.3. The molecule has 9 nitrogen and oxygen atoms in total. The highest BCUT2D eigenvalue weighted by Crippen LogP contribution is 2.24. The van der Waals surface area contributed by atoms with E-state index in [2.05, 4.69) is 41.8 Å². The molecule has 43 heavy (non-hydrogen) atoms. The van der Waals surface area contributed by atoms with E-state index >= 15 is 0 Å². The Morgan fingerprint density at radius 3 is 2.26 bits per heavy atom. The van der Waals surface area contributed by atoms with Gasteiger partial charge in [-0.3, -0.25) is 14.4 Å². The van der Waals surface area contributed by atoms with Crippen molar-refractivity contribution in [1.82, 2.24) is 15.5 Å². The maximum Gasteiger partial charge on any atom is 0.328 e. The van der Waals surface area contributed by atoms with Crippen LogP contribution in [0.1, 0.15) is 53.2 Å². The average molecular weight is 583 g/mol. The molecule has 0 bridgehead atoms. The van der Waals surface area contributed by atoms with E-state index < -0.39 is 24.0 Å². The second-order valence-electron chi connectivity index (χ2n) is 10.4. The molecule has 0 fully saturated rings. The van der Waals surface area contributed by atoms with Crippen molar-refractivity contribution in [2.75, 3.05) is 18.4 Å². The van der Waals surface area contributed by atoms with Gasteiger partial charge in [0.2, 0.25) is 12.3 Å². The highest BCUT2D eigenvalue weighted by atomic mass is 16.4. The highest BCUT2D eigenvalue weighted by molar-refractivity contribution is 5.94. The molecule has 3 aromatic carbocycles. The minimum Gasteiger partial charge on any atom is -0.480 e. The van der Waals surface area contributed by atoms with E-state index in [-0.39, 0.29) is 37.9 Å². The number of carboxylic acids is 1. The number of hydrogen-bond donors (Lipinski definition) is 4. The summed E-state index contributed by atoms with van der Waals surface area (Å²) in [6, 6.07) is 22.8. The molecule has 0 spiro atoms. The molecule has 2 unspecified atom stereocenters. The van der Waals surface area contributed by atoms with Gasteiger partial charge in [-0.25, -0.2) is 4.79 Å². The molecule has 0 saturated carbocycles. The minimum absolute atomic E-state index is 0.0488. The van der Waals surface area contributed by atoms with Gasteiger partial charge in [0.1, 0.15) is 12.1 Å². The topological polar surface area (TPSA) is 128 Å². The molecule has 0 heterocycles. The van der Waals surface area contributed by atoms with Gasteiger partial charge in [-0.05, 0) is 47.2 Å². The lowest BCUT2D eigenvalue weighted by molar-refractivity contribution is -0.140. The van der Waals surface area contributed by atoms with Crippen LogP contribution in [-0.2, 0) is 27.3 Å². The van der Waals surface area contributed by atoms with Crippen molar-refractivity contribution in [1.29, 1.82) is 0 Å². The molecule has 0 radical (unpaired) electrons. The van der Waals surface area contributed by atoms with Gasteiger partial charge in [-0.2, -0.15) is 0 Å². The summed E-state index contributed by atoms with van der Waals surface area (Å²) in [5.74, 6) is 1.30. The minimum atomic E-state index is -1.26. The summed E-state index contributed by atoms with van der Waals surface area (Å²) in [6.07, 6.45) is 7.12. The quantitative estimate of drug-likeness (QED) is 0.150. The third-order valence-corrected chi connectivity index (χ3v) is 6.96. The predicted molar refractivity (Wildman–Crippen MR) is 166 cm³/mol. The van der Waals surface area contributed by atoms with Crippen molar-refractivity contribution in [2.45, 2.75) is 51.2 Å². The smallest absolute Gasteiger partial charge is 0.328 e. The number of amides is 3. The molecule has 3 amide bonds. The lowest BCUT2D eigenvalue weighted by atomic mass is 10.0. The van der Waals surface area contributed by atoms with Crippen molar-refractivity contribution in [2.24, 2.45) is 0 Å². The van der Waals surface area contributed by atoms with Crippen molar-refractivity contribution in [3.05, 3.63) is 101 Å². The van der Waals surface area contributed by atoms with Crippen molar-refractivity contribution in [3.8, 4) is 12.3 Å². The van der Waals surface area contributed by atoms with Crippen LogP contribution < -0.4 is 16.0 Å². The van der Waals surface area contributed by atoms with E-state index in [1.807, 2.05) is 48.5 Å². The van der Waals surface area contributed by atoms with E-state index in [0.717, 1.165) is 22.4 Å². The highest BCUT2D eigenvalue weighted by Gasteiger charge is 2.21. The van der Waals surface area contributed by atoms with Gasteiger partial charge >= 0.3 is 5.97 Å². The Bertz CT molecular complexity index is 1420. The van der Waals surface area contributed by atoms with E-state index in [9.17, 15) is 19.2 Å². The number of benzene rings is 3.